The van der Waals surface area contributed by atoms with Gasteiger partial charge in [-0.1, -0.05) is 0 Å². The summed E-state index contributed by atoms with van der Waals surface area (Å²) in [5.74, 6) is -0.838. The summed E-state index contributed by atoms with van der Waals surface area (Å²) in [4.78, 5) is 23.2. The molecule has 0 unspecified atom stereocenters. The number of aliphatic carboxylic acids is 1. The van der Waals surface area contributed by atoms with Crippen molar-refractivity contribution in [3.8, 4) is 0 Å². The van der Waals surface area contributed by atoms with Gasteiger partial charge in [-0.05, 0) is 56.6 Å². The van der Waals surface area contributed by atoms with Gasteiger partial charge in [-0.2, -0.15) is 0 Å². The third-order valence-corrected chi connectivity index (χ3v) is 4.13. The molecule has 0 saturated heterocycles. The van der Waals surface area contributed by atoms with Gasteiger partial charge in [-0.3, -0.25) is 9.59 Å². The minimum Gasteiger partial charge on any atom is -0.481 e. The molecule has 1 saturated carbocycles. The number of aryl methyl sites for hydroxylation is 2. The Bertz CT molecular complexity index is 569. The van der Waals surface area contributed by atoms with Crippen molar-refractivity contribution < 1.29 is 9.90 Å². The lowest BCUT2D eigenvalue weighted by Crippen LogP contribution is -2.29. The number of rotatable bonds is 4. The number of hydrogen-bond acceptors (Lipinski definition) is 2. The van der Waals surface area contributed by atoms with E-state index in [1.807, 2.05) is 10.6 Å². The average molecular weight is 261 g/mol. The van der Waals surface area contributed by atoms with Gasteiger partial charge in [0.15, 0.2) is 0 Å². The number of hydrogen-bond donors (Lipinski definition) is 1. The molecule has 1 fully saturated rings. The second kappa shape index (κ2) is 4.83. The maximum Gasteiger partial charge on any atom is 0.303 e. The molecule has 1 N–H and O–H groups in total. The molecule has 0 aliphatic heterocycles. The predicted octanol–water partition coefficient (Wildman–Crippen LogP) is 2.08. The van der Waals surface area contributed by atoms with Crippen LogP contribution in [0.4, 0.5) is 0 Å². The second-order valence-electron chi connectivity index (χ2n) is 5.65. The number of carboxylic acid groups (broad SMARTS) is 1. The Balaban J connectivity index is 2.03. The summed E-state index contributed by atoms with van der Waals surface area (Å²) in [6, 6.07) is 2.35. The van der Waals surface area contributed by atoms with E-state index in [-0.39, 0.29) is 12.0 Å². The number of nitrogens with zero attached hydrogens (tertiary/aromatic N) is 1. The highest BCUT2D eigenvalue weighted by Gasteiger charge is 2.29. The van der Waals surface area contributed by atoms with Crippen LogP contribution in [0.1, 0.15) is 55.0 Å². The van der Waals surface area contributed by atoms with Crippen LogP contribution in [0, 0.1) is 0 Å². The summed E-state index contributed by atoms with van der Waals surface area (Å²) < 4.78 is 1.98. The highest BCUT2D eigenvalue weighted by atomic mass is 16.4. The van der Waals surface area contributed by atoms with Gasteiger partial charge in [0.1, 0.15) is 0 Å². The molecule has 4 nitrogen and oxygen atoms in total. The Morgan fingerprint density at radius 2 is 2.05 bits per heavy atom. The van der Waals surface area contributed by atoms with Crippen molar-refractivity contribution in [3.63, 3.8) is 0 Å². The second-order valence-corrected chi connectivity index (χ2v) is 5.65. The maximum atomic E-state index is 12.5. The van der Waals surface area contributed by atoms with E-state index in [2.05, 4.69) is 0 Å². The standard InChI is InChI=1S/C15H19NO3/c17-14(18)8-5-11-9-10-3-1-2-4-13(10)16(15(11)19)12-6-7-12/h9,12H,1-8H2,(H,17,18). The molecule has 102 valence electrons. The van der Waals surface area contributed by atoms with E-state index in [9.17, 15) is 9.59 Å². The minimum absolute atomic E-state index is 0.0404. The van der Waals surface area contributed by atoms with Gasteiger partial charge in [0.2, 0.25) is 0 Å². The van der Waals surface area contributed by atoms with Crippen molar-refractivity contribution in [1.82, 2.24) is 4.57 Å². The lowest BCUT2D eigenvalue weighted by molar-refractivity contribution is -0.136. The fourth-order valence-electron chi connectivity index (χ4n) is 3.03. The normalized spacial score (nSPS) is 18.1. The molecule has 2 aliphatic rings. The molecule has 0 atom stereocenters. The summed E-state index contributed by atoms with van der Waals surface area (Å²) in [6.07, 6.45) is 6.95. The molecule has 1 heterocycles. The highest BCUT2D eigenvalue weighted by Crippen LogP contribution is 2.36. The molecular formula is C15H19NO3. The van der Waals surface area contributed by atoms with E-state index in [0.29, 0.717) is 18.0 Å². The molecule has 0 amide bonds. The molecule has 0 spiro atoms. The van der Waals surface area contributed by atoms with Crippen LogP contribution in [0.5, 0.6) is 0 Å². The summed E-state index contributed by atoms with van der Waals surface area (Å²) in [6.45, 7) is 0. The fourth-order valence-corrected chi connectivity index (χ4v) is 3.03. The van der Waals surface area contributed by atoms with Gasteiger partial charge in [-0.15, -0.1) is 0 Å². The number of pyridine rings is 1. The molecule has 1 aromatic heterocycles. The van der Waals surface area contributed by atoms with Crippen LogP contribution in [0.25, 0.3) is 0 Å². The van der Waals surface area contributed by atoms with Crippen molar-refractivity contribution in [2.24, 2.45) is 0 Å². The van der Waals surface area contributed by atoms with E-state index in [4.69, 9.17) is 5.11 Å². The van der Waals surface area contributed by atoms with Gasteiger partial charge in [0, 0.05) is 23.7 Å². The SMILES string of the molecule is O=C(O)CCc1cc2c(n(C3CC3)c1=O)CCCC2. The van der Waals surface area contributed by atoms with Crippen LogP contribution in [0.2, 0.25) is 0 Å². The Kier molecular flexibility index (Phi) is 3.17. The first-order valence-corrected chi connectivity index (χ1v) is 7.15. The largest absolute Gasteiger partial charge is 0.481 e. The van der Waals surface area contributed by atoms with Crippen LogP contribution >= 0.6 is 0 Å². The van der Waals surface area contributed by atoms with Crippen LogP contribution in [-0.2, 0) is 24.1 Å². The Labute approximate surface area is 112 Å². The van der Waals surface area contributed by atoms with Crippen LogP contribution in [-0.4, -0.2) is 15.6 Å². The zero-order chi connectivity index (χ0) is 13.4. The summed E-state index contributed by atoms with van der Waals surface area (Å²) in [7, 11) is 0. The van der Waals surface area contributed by atoms with Gasteiger partial charge < -0.3 is 9.67 Å². The molecule has 3 rings (SSSR count). The molecule has 0 bridgehead atoms. The van der Waals surface area contributed by atoms with Crippen molar-refractivity contribution in [3.05, 3.63) is 33.2 Å². The fraction of sp³-hybridized carbons (Fsp3) is 0.600. The topological polar surface area (TPSA) is 59.3 Å². The Morgan fingerprint density at radius 3 is 2.74 bits per heavy atom. The minimum atomic E-state index is -0.838. The molecular weight excluding hydrogens is 242 g/mol. The molecule has 1 aromatic rings. The van der Waals surface area contributed by atoms with Gasteiger partial charge >= 0.3 is 5.97 Å². The van der Waals surface area contributed by atoms with Gasteiger partial charge in [0.05, 0.1) is 0 Å². The maximum absolute atomic E-state index is 12.5. The zero-order valence-electron chi connectivity index (χ0n) is 11.0. The zero-order valence-corrected chi connectivity index (χ0v) is 11.0. The van der Waals surface area contributed by atoms with E-state index >= 15 is 0 Å². The molecule has 4 heteroatoms. The van der Waals surface area contributed by atoms with Crippen molar-refractivity contribution in [2.75, 3.05) is 0 Å². The smallest absolute Gasteiger partial charge is 0.303 e. The van der Waals surface area contributed by atoms with Crippen molar-refractivity contribution in [1.29, 1.82) is 0 Å². The monoisotopic (exact) mass is 261 g/mol. The van der Waals surface area contributed by atoms with E-state index in [1.54, 1.807) is 0 Å². The average Bonchev–Trinajstić information content (AvgIpc) is 3.20. The van der Waals surface area contributed by atoms with Gasteiger partial charge in [-0.25, -0.2) is 0 Å². The number of carbonyl (C=O) groups is 1. The molecule has 2 aliphatic carbocycles. The Morgan fingerprint density at radius 1 is 1.32 bits per heavy atom. The van der Waals surface area contributed by atoms with Gasteiger partial charge in [0.25, 0.3) is 5.56 Å². The summed E-state index contributed by atoms with van der Waals surface area (Å²) in [5, 5.41) is 8.79. The van der Waals surface area contributed by atoms with Crippen molar-refractivity contribution >= 4 is 5.97 Å². The molecule has 0 radical (unpaired) electrons. The third kappa shape index (κ3) is 2.44. The molecule has 19 heavy (non-hydrogen) atoms. The first-order chi connectivity index (χ1) is 9.16. The quantitative estimate of drug-likeness (QED) is 0.902. The first-order valence-electron chi connectivity index (χ1n) is 7.15. The van der Waals surface area contributed by atoms with E-state index < -0.39 is 5.97 Å². The van der Waals surface area contributed by atoms with Crippen LogP contribution < -0.4 is 5.56 Å². The lowest BCUT2D eigenvalue weighted by Gasteiger charge is -2.22. The number of carboxylic acids is 1. The number of fused-ring (bicyclic) bond motifs is 1. The van der Waals surface area contributed by atoms with Crippen molar-refractivity contribution in [2.45, 2.75) is 57.4 Å². The summed E-state index contributed by atoms with van der Waals surface area (Å²) in [5.41, 5.74) is 3.25. The number of aromatic nitrogens is 1. The molecule has 0 aromatic carbocycles. The first kappa shape index (κ1) is 12.5. The third-order valence-electron chi connectivity index (χ3n) is 4.13. The van der Waals surface area contributed by atoms with Crippen LogP contribution in [0.15, 0.2) is 10.9 Å². The van der Waals surface area contributed by atoms with Crippen LogP contribution in [0.3, 0.4) is 0 Å². The van der Waals surface area contributed by atoms with E-state index in [0.717, 1.165) is 32.1 Å². The highest BCUT2D eigenvalue weighted by molar-refractivity contribution is 5.67. The summed E-state index contributed by atoms with van der Waals surface area (Å²) >= 11 is 0. The Hall–Kier alpha value is -1.58. The predicted molar refractivity (Wildman–Crippen MR) is 71.6 cm³/mol. The van der Waals surface area contributed by atoms with E-state index in [1.165, 1.54) is 17.7 Å². The lowest BCUT2D eigenvalue weighted by atomic mass is 9.93.